The van der Waals surface area contributed by atoms with Crippen LogP contribution in [-0.2, 0) is 16.0 Å². The first kappa shape index (κ1) is 16.4. The number of alkyl halides is 2. The van der Waals surface area contributed by atoms with Gasteiger partial charge in [0.1, 0.15) is 0 Å². The molecule has 2 atom stereocenters. The predicted molar refractivity (Wildman–Crippen MR) is 83.3 cm³/mol. The number of benzene rings is 1. The Morgan fingerprint density at radius 3 is 2.61 bits per heavy atom. The molecule has 0 bridgehead atoms. The zero-order valence-corrected chi connectivity index (χ0v) is 13.4. The molecule has 3 nitrogen and oxygen atoms in total. The summed E-state index contributed by atoms with van der Waals surface area (Å²) in [4.78, 5) is 14.2. The molecule has 2 fully saturated rings. The summed E-state index contributed by atoms with van der Waals surface area (Å²) in [6, 6.07) is 10.1. The molecule has 1 aromatic carbocycles. The van der Waals surface area contributed by atoms with E-state index in [1.807, 2.05) is 18.2 Å². The Balaban J connectivity index is 1.63. The molecule has 23 heavy (non-hydrogen) atoms. The molecule has 1 aromatic rings. The molecular formula is C18H23F2NO2. The van der Waals surface area contributed by atoms with Gasteiger partial charge >= 0.3 is 0 Å². The molecule has 1 saturated carbocycles. The molecule has 1 heterocycles. The first-order valence-electron chi connectivity index (χ1n) is 8.22. The van der Waals surface area contributed by atoms with Crippen LogP contribution in [0, 0.1) is 11.8 Å². The van der Waals surface area contributed by atoms with Gasteiger partial charge in [-0.3, -0.25) is 4.79 Å². The summed E-state index contributed by atoms with van der Waals surface area (Å²) in [5.74, 6) is -3.04. The third kappa shape index (κ3) is 3.71. The third-order valence-corrected chi connectivity index (χ3v) is 5.06. The SMILES string of the molecule is CO[C@@H]1CCN(C(=O)C2CC(F)(F)C2)C[C@H]1Cc1ccccc1. The van der Waals surface area contributed by atoms with Gasteiger partial charge in [-0.15, -0.1) is 0 Å². The number of carbonyl (C=O) groups excluding carboxylic acids is 1. The monoisotopic (exact) mass is 323 g/mol. The van der Waals surface area contributed by atoms with E-state index in [1.165, 1.54) is 5.56 Å². The summed E-state index contributed by atoms with van der Waals surface area (Å²) in [7, 11) is 1.70. The van der Waals surface area contributed by atoms with E-state index >= 15 is 0 Å². The average molecular weight is 323 g/mol. The molecule has 3 rings (SSSR count). The number of likely N-dealkylation sites (tertiary alicyclic amines) is 1. The summed E-state index contributed by atoms with van der Waals surface area (Å²) in [5.41, 5.74) is 1.21. The van der Waals surface area contributed by atoms with Crippen LogP contribution < -0.4 is 0 Å². The summed E-state index contributed by atoms with van der Waals surface area (Å²) >= 11 is 0. The largest absolute Gasteiger partial charge is 0.381 e. The number of hydrogen-bond acceptors (Lipinski definition) is 2. The Labute approximate surface area is 135 Å². The number of halogens is 2. The molecule has 0 aromatic heterocycles. The van der Waals surface area contributed by atoms with Crippen LogP contribution in [0.25, 0.3) is 0 Å². The minimum Gasteiger partial charge on any atom is -0.381 e. The van der Waals surface area contributed by atoms with Crippen LogP contribution in [0.4, 0.5) is 8.78 Å². The first-order valence-corrected chi connectivity index (χ1v) is 8.22. The van der Waals surface area contributed by atoms with Crippen molar-refractivity contribution in [2.24, 2.45) is 11.8 Å². The van der Waals surface area contributed by atoms with Crippen molar-refractivity contribution in [3.8, 4) is 0 Å². The molecule has 0 unspecified atom stereocenters. The van der Waals surface area contributed by atoms with Crippen LogP contribution in [-0.4, -0.2) is 43.0 Å². The van der Waals surface area contributed by atoms with Gasteiger partial charge in [0.25, 0.3) is 0 Å². The average Bonchev–Trinajstić information content (AvgIpc) is 2.53. The van der Waals surface area contributed by atoms with Crippen molar-refractivity contribution in [2.75, 3.05) is 20.2 Å². The topological polar surface area (TPSA) is 29.5 Å². The second-order valence-corrected chi connectivity index (χ2v) is 6.76. The van der Waals surface area contributed by atoms with Gasteiger partial charge in [0, 0.05) is 44.9 Å². The highest BCUT2D eigenvalue weighted by Crippen LogP contribution is 2.43. The van der Waals surface area contributed by atoms with Crippen molar-refractivity contribution in [3.05, 3.63) is 35.9 Å². The van der Waals surface area contributed by atoms with Crippen molar-refractivity contribution in [2.45, 2.75) is 37.7 Å². The highest BCUT2D eigenvalue weighted by atomic mass is 19.3. The van der Waals surface area contributed by atoms with Crippen molar-refractivity contribution < 1.29 is 18.3 Å². The lowest BCUT2D eigenvalue weighted by atomic mass is 9.79. The first-order chi connectivity index (χ1) is 11.0. The Morgan fingerprint density at radius 2 is 2.00 bits per heavy atom. The Bertz CT molecular complexity index is 541. The van der Waals surface area contributed by atoms with E-state index in [0.29, 0.717) is 13.1 Å². The molecular weight excluding hydrogens is 300 g/mol. The maximum atomic E-state index is 13.0. The molecule has 0 radical (unpaired) electrons. The molecule has 2 aliphatic rings. The molecule has 1 saturated heterocycles. The second kappa shape index (κ2) is 6.56. The fraction of sp³-hybridized carbons (Fsp3) is 0.611. The van der Waals surface area contributed by atoms with Gasteiger partial charge in [-0.1, -0.05) is 30.3 Å². The summed E-state index contributed by atoms with van der Waals surface area (Å²) < 4.78 is 31.6. The van der Waals surface area contributed by atoms with Gasteiger partial charge in [-0.2, -0.15) is 0 Å². The number of nitrogens with zero attached hydrogens (tertiary/aromatic N) is 1. The number of carbonyl (C=O) groups is 1. The number of methoxy groups -OCH3 is 1. The van der Waals surface area contributed by atoms with Gasteiger partial charge in [0.2, 0.25) is 11.8 Å². The van der Waals surface area contributed by atoms with Crippen molar-refractivity contribution in [1.82, 2.24) is 4.90 Å². The minimum absolute atomic E-state index is 0.108. The maximum absolute atomic E-state index is 13.0. The smallest absolute Gasteiger partial charge is 0.249 e. The lowest BCUT2D eigenvalue weighted by molar-refractivity contribution is -0.163. The lowest BCUT2D eigenvalue weighted by Gasteiger charge is -2.42. The zero-order valence-electron chi connectivity index (χ0n) is 13.4. The van der Waals surface area contributed by atoms with E-state index in [2.05, 4.69) is 12.1 Å². The van der Waals surface area contributed by atoms with E-state index in [4.69, 9.17) is 4.74 Å². The van der Waals surface area contributed by atoms with Crippen molar-refractivity contribution in [3.63, 3.8) is 0 Å². The van der Waals surface area contributed by atoms with E-state index in [9.17, 15) is 13.6 Å². The van der Waals surface area contributed by atoms with Gasteiger partial charge < -0.3 is 9.64 Å². The standard InChI is InChI=1S/C18H23F2NO2/c1-23-16-7-8-21(17(22)15-10-18(19,20)11-15)12-14(16)9-13-5-3-2-4-6-13/h2-6,14-16H,7-12H2,1H3/t14-,16-/m1/s1. The number of piperidine rings is 1. The molecule has 5 heteroatoms. The van der Waals surface area contributed by atoms with E-state index < -0.39 is 11.8 Å². The molecule has 126 valence electrons. The highest BCUT2D eigenvalue weighted by molar-refractivity contribution is 5.80. The van der Waals surface area contributed by atoms with Crippen LogP contribution >= 0.6 is 0 Å². The van der Waals surface area contributed by atoms with Gasteiger partial charge in [-0.25, -0.2) is 8.78 Å². The fourth-order valence-corrected chi connectivity index (χ4v) is 3.73. The third-order valence-electron chi connectivity index (χ3n) is 5.06. The Kier molecular flexibility index (Phi) is 4.67. The molecule has 0 spiro atoms. The van der Waals surface area contributed by atoms with Gasteiger partial charge in [0.15, 0.2) is 0 Å². The predicted octanol–water partition coefficient (Wildman–Crippen LogP) is 3.14. The van der Waals surface area contributed by atoms with Gasteiger partial charge in [0.05, 0.1) is 6.10 Å². The second-order valence-electron chi connectivity index (χ2n) is 6.76. The van der Waals surface area contributed by atoms with Crippen LogP contribution in [0.1, 0.15) is 24.8 Å². The quantitative estimate of drug-likeness (QED) is 0.852. The maximum Gasteiger partial charge on any atom is 0.249 e. The summed E-state index contributed by atoms with van der Waals surface area (Å²) in [5, 5.41) is 0. The normalized spacial score (nSPS) is 27.5. The van der Waals surface area contributed by atoms with Gasteiger partial charge in [-0.05, 0) is 18.4 Å². The Hall–Kier alpha value is -1.49. The van der Waals surface area contributed by atoms with Crippen molar-refractivity contribution >= 4 is 5.91 Å². The highest BCUT2D eigenvalue weighted by Gasteiger charge is 2.50. The number of rotatable bonds is 4. The summed E-state index contributed by atoms with van der Waals surface area (Å²) in [6.45, 7) is 1.19. The van der Waals surface area contributed by atoms with Crippen molar-refractivity contribution in [1.29, 1.82) is 0 Å². The van der Waals surface area contributed by atoms with E-state index in [1.54, 1.807) is 12.0 Å². The molecule has 1 aliphatic carbocycles. The summed E-state index contributed by atoms with van der Waals surface area (Å²) in [6.07, 6.45) is 1.13. The number of amides is 1. The Morgan fingerprint density at radius 1 is 1.30 bits per heavy atom. The molecule has 1 amide bonds. The van der Waals surface area contributed by atoms with E-state index in [-0.39, 0.29) is 30.8 Å². The van der Waals surface area contributed by atoms with Crippen LogP contribution in [0.3, 0.4) is 0 Å². The number of hydrogen-bond donors (Lipinski definition) is 0. The van der Waals surface area contributed by atoms with Crippen LogP contribution in [0.15, 0.2) is 30.3 Å². The number of ether oxygens (including phenoxy) is 1. The van der Waals surface area contributed by atoms with E-state index in [0.717, 1.165) is 12.8 Å². The molecule has 1 aliphatic heterocycles. The van der Waals surface area contributed by atoms with Crippen LogP contribution in [0.5, 0.6) is 0 Å². The zero-order chi connectivity index (χ0) is 16.4. The molecule has 0 N–H and O–H groups in total. The minimum atomic E-state index is -2.64. The fourth-order valence-electron chi connectivity index (χ4n) is 3.73. The lowest BCUT2D eigenvalue weighted by Crippen LogP contribution is -2.52. The van der Waals surface area contributed by atoms with Crippen LogP contribution in [0.2, 0.25) is 0 Å².